The van der Waals surface area contributed by atoms with Crippen LogP contribution in [0.2, 0.25) is 0 Å². The van der Waals surface area contributed by atoms with Crippen molar-refractivity contribution in [1.82, 2.24) is 4.90 Å². The zero-order valence-electron chi connectivity index (χ0n) is 14.7. The molecular formula is C17H24N2O6S. The highest BCUT2D eigenvalue weighted by Gasteiger charge is 2.34. The molecule has 9 heteroatoms. The SMILES string of the molecule is CCN(C(=O)COC(=O)c1ccccc1NCCO)C1CCS(=O)(=O)C1. The van der Waals surface area contributed by atoms with E-state index in [0.717, 1.165) is 0 Å². The van der Waals surface area contributed by atoms with Crippen LogP contribution in [-0.2, 0) is 19.4 Å². The molecule has 0 aromatic heterocycles. The summed E-state index contributed by atoms with van der Waals surface area (Å²) in [4.78, 5) is 26.1. The summed E-state index contributed by atoms with van der Waals surface area (Å²) in [6.07, 6.45) is 0.407. The minimum Gasteiger partial charge on any atom is -0.452 e. The lowest BCUT2D eigenvalue weighted by molar-refractivity contribution is -0.136. The first-order chi connectivity index (χ1) is 12.4. The van der Waals surface area contributed by atoms with Gasteiger partial charge in [-0.2, -0.15) is 0 Å². The molecule has 1 fully saturated rings. The fourth-order valence-electron chi connectivity index (χ4n) is 2.95. The van der Waals surface area contributed by atoms with E-state index in [1.807, 2.05) is 0 Å². The molecule has 1 saturated heterocycles. The van der Waals surface area contributed by atoms with Gasteiger partial charge in [-0.15, -0.1) is 0 Å². The van der Waals surface area contributed by atoms with Crippen molar-refractivity contribution >= 4 is 27.4 Å². The highest BCUT2D eigenvalue weighted by molar-refractivity contribution is 7.91. The zero-order chi connectivity index (χ0) is 19.2. The monoisotopic (exact) mass is 384 g/mol. The molecule has 0 saturated carbocycles. The second kappa shape index (κ2) is 9.00. The van der Waals surface area contributed by atoms with Crippen molar-refractivity contribution in [3.63, 3.8) is 0 Å². The molecular weight excluding hydrogens is 360 g/mol. The van der Waals surface area contributed by atoms with Crippen LogP contribution in [0.25, 0.3) is 0 Å². The van der Waals surface area contributed by atoms with Crippen molar-refractivity contribution in [2.45, 2.75) is 19.4 Å². The number of amides is 1. The Morgan fingerprint density at radius 3 is 2.69 bits per heavy atom. The van der Waals surface area contributed by atoms with E-state index in [1.54, 1.807) is 31.2 Å². The molecule has 2 N–H and O–H groups in total. The van der Waals surface area contributed by atoms with Gasteiger partial charge in [0.2, 0.25) is 0 Å². The minimum absolute atomic E-state index is 0.0472. The summed E-state index contributed by atoms with van der Waals surface area (Å²) in [6.45, 7) is 1.86. The third kappa shape index (κ3) is 5.18. The van der Waals surface area contributed by atoms with Crippen LogP contribution in [0, 0.1) is 0 Å². The Balaban J connectivity index is 1.97. The quantitative estimate of drug-likeness (QED) is 0.619. The molecule has 1 heterocycles. The number of carbonyl (C=O) groups is 2. The van der Waals surface area contributed by atoms with Crippen molar-refractivity contribution in [2.75, 3.05) is 43.1 Å². The summed E-state index contributed by atoms with van der Waals surface area (Å²) in [7, 11) is -3.10. The predicted octanol–water partition coefficient (Wildman–Crippen LogP) is 0.283. The molecule has 0 spiro atoms. The number of aliphatic hydroxyl groups is 1. The zero-order valence-corrected chi connectivity index (χ0v) is 15.5. The lowest BCUT2D eigenvalue weighted by Crippen LogP contribution is -2.43. The molecule has 1 amide bonds. The third-order valence-corrected chi connectivity index (χ3v) is 5.96. The number of nitrogens with zero attached hydrogens (tertiary/aromatic N) is 1. The maximum Gasteiger partial charge on any atom is 0.340 e. The number of sulfone groups is 1. The summed E-state index contributed by atoms with van der Waals surface area (Å²) in [6, 6.07) is 6.28. The van der Waals surface area contributed by atoms with E-state index in [4.69, 9.17) is 9.84 Å². The Morgan fingerprint density at radius 1 is 1.35 bits per heavy atom. The normalized spacial score (nSPS) is 18.3. The molecule has 26 heavy (non-hydrogen) atoms. The van der Waals surface area contributed by atoms with E-state index < -0.39 is 28.3 Å². The summed E-state index contributed by atoms with van der Waals surface area (Å²) in [5.41, 5.74) is 0.772. The topological polar surface area (TPSA) is 113 Å². The lowest BCUT2D eigenvalue weighted by atomic mass is 10.2. The number of aliphatic hydroxyl groups excluding tert-OH is 1. The molecule has 1 aliphatic heterocycles. The van der Waals surface area contributed by atoms with Crippen molar-refractivity contribution in [3.8, 4) is 0 Å². The minimum atomic E-state index is -3.10. The largest absolute Gasteiger partial charge is 0.452 e. The average molecular weight is 384 g/mol. The van der Waals surface area contributed by atoms with Gasteiger partial charge in [0.05, 0.1) is 23.7 Å². The molecule has 144 valence electrons. The number of carbonyl (C=O) groups excluding carboxylic acids is 2. The molecule has 1 unspecified atom stereocenters. The highest BCUT2D eigenvalue weighted by Crippen LogP contribution is 2.19. The number of anilines is 1. The first-order valence-corrected chi connectivity index (χ1v) is 10.3. The Kier molecular flexibility index (Phi) is 6.98. The molecule has 1 aliphatic rings. The second-order valence-corrected chi connectivity index (χ2v) is 8.24. The first kappa shape index (κ1) is 20.2. The van der Waals surface area contributed by atoms with Crippen LogP contribution < -0.4 is 5.32 Å². The van der Waals surface area contributed by atoms with Crippen LogP contribution in [0.5, 0.6) is 0 Å². The van der Waals surface area contributed by atoms with E-state index in [-0.39, 0.29) is 36.3 Å². The standard InChI is InChI=1S/C17H24N2O6S/c1-2-19(13-7-10-26(23,24)12-13)16(21)11-25-17(22)14-5-3-4-6-15(14)18-8-9-20/h3-6,13,18,20H,2,7-12H2,1H3. The molecule has 0 aliphatic carbocycles. The molecule has 1 aromatic rings. The number of hydrogen-bond donors (Lipinski definition) is 2. The van der Waals surface area contributed by atoms with Crippen LogP contribution in [0.15, 0.2) is 24.3 Å². The summed E-state index contributed by atoms with van der Waals surface area (Å²) < 4.78 is 28.3. The first-order valence-electron chi connectivity index (χ1n) is 8.48. The van der Waals surface area contributed by atoms with Gasteiger partial charge in [0, 0.05) is 24.8 Å². The fraction of sp³-hybridized carbons (Fsp3) is 0.529. The molecule has 8 nitrogen and oxygen atoms in total. The van der Waals surface area contributed by atoms with Gasteiger partial charge in [0.25, 0.3) is 5.91 Å². The van der Waals surface area contributed by atoms with Crippen molar-refractivity contribution < 1.29 is 27.9 Å². The van der Waals surface area contributed by atoms with Crippen LogP contribution in [0.1, 0.15) is 23.7 Å². The third-order valence-electron chi connectivity index (χ3n) is 4.21. The van der Waals surface area contributed by atoms with Gasteiger partial charge >= 0.3 is 5.97 Å². The fourth-order valence-corrected chi connectivity index (χ4v) is 4.68. The van der Waals surface area contributed by atoms with Crippen molar-refractivity contribution in [1.29, 1.82) is 0 Å². The van der Waals surface area contributed by atoms with Gasteiger partial charge < -0.3 is 20.1 Å². The Hall–Kier alpha value is -2.13. The Bertz CT molecular complexity index is 749. The maximum absolute atomic E-state index is 12.4. The summed E-state index contributed by atoms with van der Waals surface area (Å²) in [5.74, 6) is -1.04. The van der Waals surface area contributed by atoms with Crippen LogP contribution >= 0.6 is 0 Å². The number of nitrogens with one attached hydrogen (secondary N) is 1. The highest BCUT2D eigenvalue weighted by atomic mass is 32.2. The Morgan fingerprint density at radius 2 is 2.08 bits per heavy atom. The molecule has 1 atom stereocenters. The van der Waals surface area contributed by atoms with E-state index in [2.05, 4.69) is 5.32 Å². The van der Waals surface area contributed by atoms with Gasteiger partial charge in [-0.1, -0.05) is 12.1 Å². The van der Waals surface area contributed by atoms with Gasteiger partial charge in [0.1, 0.15) is 0 Å². The number of benzene rings is 1. The van der Waals surface area contributed by atoms with Gasteiger partial charge in [0.15, 0.2) is 16.4 Å². The molecule has 1 aromatic carbocycles. The lowest BCUT2D eigenvalue weighted by Gasteiger charge is -2.26. The smallest absolute Gasteiger partial charge is 0.340 e. The Labute approximate surface area is 153 Å². The van der Waals surface area contributed by atoms with E-state index >= 15 is 0 Å². The molecule has 2 rings (SSSR count). The van der Waals surface area contributed by atoms with Crippen molar-refractivity contribution in [3.05, 3.63) is 29.8 Å². The average Bonchev–Trinajstić information content (AvgIpc) is 2.98. The second-order valence-electron chi connectivity index (χ2n) is 6.01. The predicted molar refractivity (Wildman–Crippen MR) is 96.7 cm³/mol. The number of esters is 1. The maximum atomic E-state index is 12.4. The summed E-state index contributed by atoms with van der Waals surface area (Å²) >= 11 is 0. The van der Waals surface area contributed by atoms with Crippen LogP contribution in [0.4, 0.5) is 5.69 Å². The number of ether oxygens (including phenoxy) is 1. The number of para-hydroxylation sites is 1. The van der Waals surface area contributed by atoms with E-state index in [9.17, 15) is 18.0 Å². The number of hydrogen-bond acceptors (Lipinski definition) is 7. The van der Waals surface area contributed by atoms with Gasteiger partial charge in [-0.3, -0.25) is 4.79 Å². The molecule has 0 radical (unpaired) electrons. The van der Waals surface area contributed by atoms with Gasteiger partial charge in [-0.25, -0.2) is 13.2 Å². The molecule has 0 bridgehead atoms. The number of likely N-dealkylation sites (N-methyl/N-ethyl adjacent to an activating group) is 1. The summed E-state index contributed by atoms with van der Waals surface area (Å²) in [5, 5.41) is 11.8. The van der Waals surface area contributed by atoms with Crippen molar-refractivity contribution in [2.24, 2.45) is 0 Å². The number of rotatable bonds is 8. The van der Waals surface area contributed by atoms with Crippen LogP contribution in [-0.4, -0.2) is 74.2 Å². The van der Waals surface area contributed by atoms with E-state index in [0.29, 0.717) is 18.7 Å². The van der Waals surface area contributed by atoms with Gasteiger partial charge in [-0.05, 0) is 25.5 Å². The van der Waals surface area contributed by atoms with E-state index in [1.165, 1.54) is 4.90 Å². The van der Waals surface area contributed by atoms with Crippen LogP contribution in [0.3, 0.4) is 0 Å².